The van der Waals surface area contributed by atoms with Crippen molar-refractivity contribution in [3.05, 3.63) is 23.8 Å². The quantitative estimate of drug-likeness (QED) is 0.142. The Morgan fingerprint density at radius 2 is 1.44 bits per heavy atom. The topological polar surface area (TPSA) is 125 Å². The number of carbonyl (C=O) groups is 2. The maximum atomic E-state index is 11.4. The van der Waals surface area contributed by atoms with E-state index in [-0.39, 0.29) is 24.0 Å². The number of ether oxygens (including phenoxy) is 2. The number of nitrogens with one attached hydrogen (secondary N) is 1. The summed E-state index contributed by atoms with van der Waals surface area (Å²) in [5, 5.41) is 28.1. The van der Waals surface area contributed by atoms with E-state index in [1.807, 2.05) is 0 Å². The summed E-state index contributed by atoms with van der Waals surface area (Å²) in [5.74, 6) is -0.776. The Kier molecular flexibility index (Phi) is 23.0. The van der Waals surface area contributed by atoms with Gasteiger partial charge in [-0.1, -0.05) is 71.8 Å². The first-order chi connectivity index (χ1) is 15.4. The standard InChI is InChI=1S/C17H25NO6.C6H14.CH4O/c1-2-3-4-5-6-16(21)23-12-24-17(22)18-10-9-13-7-8-14(19)15(20)11-13;1-3-5-6-4-2;1-2/h7-8,11,19-20H,2-6,9-10,12H2,1H3,(H,18,22);3-6H2,1-2H3;2H,1H3. The number of rotatable bonds is 13. The molecule has 1 rings (SSSR count). The van der Waals surface area contributed by atoms with Crippen LogP contribution in [0, 0.1) is 0 Å². The highest BCUT2D eigenvalue weighted by Gasteiger charge is 2.06. The van der Waals surface area contributed by atoms with Crippen molar-refractivity contribution in [2.45, 2.75) is 85.0 Å². The lowest BCUT2D eigenvalue weighted by Gasteiger charge is -2.08. The van der Waals surface area contributed by atoms with Gasteiger partial charge in [-0.05, 0) is 30.5 Å². The van der Waals surface area contributed by atoms with Gasteiger partial charge in [0.15, 0.2) is 11.5 Å². The van der Waals surface area contributed by atoms with E-state index in [4.69, 9.17) is 14.6 Å². The number of unbranched alkanes of at least 4 members (excludes halogenated alkanes) is 6. The van der Waals surface area contributed by atoms with Crippen LogP contribution >= 0.6 is 0 Å². The van der Waals surface area contributed by atoms with E-state index in [0.29, 0.717) is 12.8 Å². The molecule has 8 heteroatoms. The molecule has 0 aliphatic rings. The number of aromatic hydroxyl groups is 2. The summed E-state index contributed by atoms with van der Waals surface area (Å²) in [6.07, 6.45) is 9.59. The minimum absolute atomic E-state index is 0.192. The van der Waals surface area contributed by atoms with E-state index >= 15 is 0 Å². The van der Waals surface area contributed by atoms with Gasteiger partial charge in [0, 0.05) is 20.1 Å². The number of alkyl carbamates (subject to hydrolysis) is 1. The Labute approximate surface area is 192 Å². The number of esters is 1. The Morgan fingerprint density at radius 3 is 2.00 bits per heavy atom. The largest absolute Gasteiger partial charge is 0.504 e. The van der Waals surface area contributed by atoms with Gasteiger partial charge >= 0.3 is 12.1 Å². The Hall–Kier alpha value is -2.48. The molecule has 1 aromatic carbocycles. The first-order valence-electron chi connectivity index (χ1n) is 11.5. The lowest BCUT2D eigenvalue weighted by atomic mass is 10.1. The summed E-state index contributed by atoms with van der Waals surface area (Å²) in [4.78, 5) is 22.8. The number of phenols is 2. The van der Waals surface area contributed by atoms with E-state index in [1.165, 1.54) is 37.8 Å². The molecule has 0 spiro atoms. The molecule has 0 aliphatic heterocycles. The van der Waals surface area contributed by atoms with Gasteiger partial charge in [0.05, 0.1) is 0 Å². The van der Waals surface area contributed by atoms with Crippen LogP contribution in [0.2, 0.25) is 0 Å². The number of hydrogen-bond acceptors (Lipinski definition) is 7. The predicted molar refractivity (Wildman–Crippen MR) is 126 cm³/mol. The molecule has 0 fully saturated rings. The molecule has 8 nitrogen and oxygen atoms in total. The summed E-state index contributed by atoms with van der Waals surface area (Å²) in [5.41, 5.74) is 0.754. The SMILES string of the molecule is CCCCCC.CCCCCCC(=O)OCOC(=O)NCCc1ccc(O)c(O)c1.CO. The molecule has 0 heterocycles. The minimum Gasteiger partial charge on any atom is -0.504 e. The number of aliphatic hydroxyl groups is 1. The zero-order valence-corrected chi connectivity index (χ0v) is 20.2. The van der Waals surface area contributed by atoms with Crippen LogP contribution in [0.4, 0.5) is 4.79 Å². The van der Waals surface area contributed by atoms with Crippen LogP contribution in [-0.2, 0) is 20.7 Å². The smallest absolute Gasteiger partial charge is 0.410 e. The molecule has 0 aromatic heterocycles. The molecule has 0 radical (unpaired) electrons. The third kappa shape index (κ3) is 19.5. The average Bonchev–Trinajstić information content (AvgIpc) is 2.79. The van der Waals surface area contributed by atoms with Gasteiger partial charge in [-0.3, -0.25) is 4.79 Å². The average molecular weight is 458 g/mol. The molecule has 0 aliphatic carbocycles. The number of hydrogen-bond donors (Lipinski definition) is 4. The Balaban J connectivity index is 0. The van der Waals surface area contributed by atoms with E-state index < -0.39 is 12.9 Å². The van der Waals surface area contributed by atoms with Crippen LogP contribution in [-0.4, -0.2) is 47.8 Å². The summed E-state index contributed by atoms with van der Waals surface area (Å²) in [6, 6.07) is 4.44. The fourth-order valence-electron chi connectivity index (χ4n) is 2.50. The van der Waals surface area contributed by atoms with Crippen LogP contribution in [0.3, 0.4) is 0 Å². The third-order valence-corrected chi connectivity index (χ3v) is 4.32. The van der Waals surface area contributed by atoms with Crippen molar-refractivity contribution in [2.75, 3.05) is 20.4 Å². The first-order valence-corrected chi connectivity index (χ1v) is 11.5. The molecule has 0 atom stereocenters. The van der Waals surface area contributed by atoms with Crippen molar-refractivity contribution in [2.24, 2.45) is 0 Å². The number of phenolic OH excluding ortho intramolecular Hbond substituents is 2. The normalized spacial score (nSPS) is 9.53. The van der Waals surface area contributed by atoms with Gasteiger partial charge in [-0.15, -0.1) is 0 Å². The van der Waals surface area contributed by atoms with Gasteiger partial charge < -0.3 is 30.1 Å². The van der Waals surface area contributed by atoms with Crippen molar-refractivity contribution in [3.63, 3.8) is 0 Å². The zero-order valence-electron chi connectivity index (χ0n) is 20.2. The fraction of sp³-hybridized carbons (Fsp3) is 0.667. The second-order valence-corrected chi connectivity index (χ2v) is 7.08. The summed E-state index contributed by atoms with van der Waals surface area (Å²) < 4.78 is 9.54. The number of aliphatic hydroxyl groups excluding tert-OH is 1. The first kappa shape index (κ1) is 31.7. The highest BCUT2D eigenvalue weighted by Crippen LogP contribution is 2.24. The molecule has 1 amide bonds. The van der Waals surface area contributed by atoms with E-state index in [1.54, 1.807) is 6.07 Å². The zero-order chi connectivity index (χ0) is 24.6. The van der Waals surface area contributed by atoms with Crippen molar-refractivity contribution in [3.8, 4) is 11.5 Å². The molecule has 0 saturated carbocycles. The second kappa shape index (κ2) is 23.2. The fourth-order valence-corrected chi connectivity index (χ4v) is 2.50. The molecule has 32 heavy (non-hydrogen) atoms. The molecule has 4 N–H and O–H groups in total. The Bertz CT molecular complexity index is 590. The van der Waals surface area contributed by atoms with Crippen LogP contribution < -0.4 is 5.32 Å². The molecule has 0 unspecified atom stereocenters. The maximum absolute atomic E-state index is 11.4. The van der Waals surface area contributed by atoms with Crippen molar-refractivity contribution >= 4 is 12.1 Å². The highest BCUT2D eigenvalue weighted by atomic mass is 16.7. The lowest BCUT2D eigenvalue weighted by Crippen LogP contribution is -2.27. The van der Waals surface area contributed by atoms with Crippen molar-refractivity contribution < 1.29 is 34.4 Å². The van der Waals surface area contributed by atoms with Crippen LogP contribution in [0.5, 0.6) is 11.5 Å². The maximum Gasteiger partial charge on any atom is 0.410 e. The van der Waals surface area contributed by atoms with Gasteiger partial charge in [0.2, 0.25) is 6.79 Å². The molecule has 1 aromatic rings. The molecular formula is C24H43NO7. The van der Waals surface area contributed by atoms with Crippen LogP contribution in [0.15, 0.2) is 18.2 Å². The summed E-state index contributed by atoms with van der Waals surface area (Å²) in [6.45, 7) is 6.44. The van der Waals surface area contributed by atoms with Crippen molar-refractivity contribution in [1.29, 1.82) is 0 Å². The lowest BCUT2D eigenvalue weighted by molar-refractivity contribution is -0.151. The minimum atomic E-state index is -0.684. The van der Waals surface area contributed by atoms with Gasteiger partial charge in [-0.25, -0.2) is 4.79 Å². The number of amides is 1. The summed E-state index contributed by atoms with van der Waals surface area (Å²) >= 11 is 0. The van der Waals surface area contributed by atoms with E-state index in [2.05, 4.69) is 26.1 Å². The van der Waals surface area contributed by atoms with Gasteiger partial charge in [-0.2, -0.15) is 0 Å². The number of carbonyl (C=O) groups excluding carboxylic acids is 2. The third-order valence-electron chi connectivity index (χ3n) is 4.32. The van der Waals surface area contributed by atoms with Gasteiger partial charge in [0.25, 0.3) is 0 Å². The van der Waals surface area contributed by atoms with E-state index in [9.17, 15) is 19.8 Å². The molecule has 0 saturated heterocycles. The van der Waals surface area contributed by atoms with Crippen LogP contribution in [0.25, 0.3) is 0 Å². The molecule has 186 valence electrons. The monoisotopic (exact) mass is 457 g/mol. The van der Waals surface area contributed by atoms with Crippen LogP contribution in [0.1, 0.15) is 84.1 Å². The number of benzene rings is 1. The van der Waals surface area contributed by atoms with Gasteiger partial charge in [0.1, 0.15) is 0 Å². The molecule has 0 bridgehead atoms. The summed E-state index contributed by atoms with van der Waals surface area (Å²) in [7, 11) is 1.00. The highest BCUT2D eigenvalue weighted by molar-refractivity contribution is 5.70. The second-order valence-electron chi connectivity index (χ2n) is 7.08. The predicted octanol–water partition coefficient (Wildman–Crippen LogP) is 5.03. The molecular weight excluding hydrogens is 414 g/mol. The van der Waals surface area contributed by atoms with Crippen molar-refractivity contribution in [1.82, 2.24) is 5.32 Å². The van der Waals surface area contributed by atoms with E-state index in [0.717, 1.165) is 38.4 Å². The Morgan fingerprint density at radius 1 is 0.844 bits per heavy atom.